The van der Waals surface area contributed by atoms with Crippen molar-refractivity contribution in [2.45, 2.75) is 31.8 Å². The maximum Gasteiger partial charge on any atom is 0.263 e. The summed E-state index contributed by atoms with van der Waals surface area (Å²) >= 11 is 0. The third-order valence-electron chi connectivity index (χ3n) is 3.23. The summed E-state index contributed by atoms with van der Waals surface area (Å²) in [6, 6.07) is 3.34. The number of aromatic nitrogens is 2. The second-order valence-corrected chi connectivity index (χ2v) is 6.46. The molecule has 0 saturated heterocycles. The van der Waals surface area contributed by atoms with Crippen molar-refractivity contribution in [2.24, 2.45) is 0 Å². The fraction of sp³-hybridized carbons (Fsp3) is 0.357. The first-order valence-corrected chi connectivity index (χ1v) is 8.23. The topological polar surface area (TPSA) is 76.0 Å². The number of aryl methyl sites for hydroxylation is 2. The summed E-state index contributed by atoms with van der Waals surface area (Å²) in [5.74, 6) is 0. The van der Waals surface area contributed by atoms with E-state index in [2.05, 4.69) is 15.0 Å². The van der Waals surface area contributed by atoms with Gasteiger partial charge in [-0.1, -0.05) is 0 Å². The van der Waals surface area contributed by atoms with E-state index in [0.29, 0.717) is 12.2 Å². The lowest BCUT2D eigenvalue weighted by molar-refractivity contribution is 0.600. The lowest BCUT2D eigenvalue weighted by atomic mass is 10.3. The minimum Gasteiger partial charge on any atom is -0.349 e. The van der Waals surface area contributed by atoms with E-state index >= 15 is 0 Å². The molecule has 2 aromatic heterocycles. The third kappa shape index (κ3) is 3.43. The first kappa shape index (κ1) is 15.5. The van der Waals surface area contributed by atoms with Crippen LogP contribution in [-0.4, -0.2) is 25.0 Å². The standard InChI is InChI=1S/C14H20N4O2S/c1-4-18-10-13(7-12(18)9-15-3)21(19,20)17-14-5-6-16-8-11(14)2/h5-8,10,15H,4,9H2,1-3H3,(H,16,17). The molecule has 0 radical (unpaired) electrons. The highest BCUT2D eigenvalue weighted by Gasteiger charge is 2.18. The first-order chi connectivity index (χ1) is 9.97. The average molecular weight is 308 g/mol. The molecule has 2 aromatic rings. The maximum atomic E-state index is 12.5. The van der Waals surface area contributed by atoms with Crippen molar-refractivity contribution in [1.29, 1.82) is 0 Å². The molecular weight excluding hydrogens is 288 g/mol. The molecule has 0 aromatic carbocycles. The molecule has 0 aliphatic carbocycles. The quantitative estimate of drug-likeness (QED) is 0.852. The fourth-order valence-corrected chi connectivity index (χ4v) is 3.28. The predicted molar refractivity (Wildman–Crippen MR) is 82.7 cm³/mol. The van der Waals surface area contributed by atoms with Crippen molar-refractivity contribution in [1.82, 2.24) is 14.9 Å². The van der Waals surface area contributed by atoms with Crippen molar-refractivity contribution in [3.63, 3.8) is 0 Å². The van der Waals surface area contributed by atoms with Crippen molar-refractivity contribution in [2.75, 3.05) is 11.8 Å². The van der Waals surface area contributed by atoms with Gasteiger partial charge in [0.05, 0.1) is 5.69 Å². The summed E-state index contributed by atoms with van der Waals surface area (Å²) in [5, 5.41) is 3.04. The number of sulfonamides is 1. The van der Waals surface area contributed by atoms with Crippen LogP contribution in [0, 0.1) is 6.92 Å². The van der Waals surface area contributed by atoms with Crippen molar-refractivity contribution in [3.8, 4) is 0 Å². The van der Waals surface area contributed by atoms with Crippen LogP contribution < -0.4 is 10.0 Å². The number of nitrogens with one attached hydrogen (secondary N) is 2. The van der Waals surface area contributed by atoms with Crippen LogP contribution in [0.15, 0.2) is 35.6 Å². The van der Waals surface area contributed by atoms with Gasteiger partial charge in [-0.2, -0.15) is 0 Å². The van der Waals surface area contributed by atoms with Crippen LogP contribution in [0.5, 0.6) is 0 Å². The van der Waals surface area contributed by atoms with Gasteiger partial charge in [0.15, 0.2) is 0 Å². The monoisotopic (exact) mass is 308 g/mol. The zero-order valence-corrected chi connectivity index (χ0v) is 13.2. The highest BCUT2D eigenvalue weighted by molar-refractivity contribution is 7.92. The van der Waals surface area contributed by atoms with Gasteiger partial charge in [-0.3, -0.25) is 9.71 Å². The van der Waals surface area contributed by atoms with E-state index in [1.54, 1.807) is 30.7 Å². The second kappa shape index (κ2) is 6.28. The largest absolute Gasteiger partial charge is 0.349 e. The van der Waals surface area contributed by atoms with Gasteiger partial charge in [-0.15, -0.1) is 0 Å². The van der Waals surface area contributed by atoms with Crippen LogP contribution in [0.4, 0.5) is 5.69 Å². The van der Waals surface area contributed by atoms with Crippen LogP contribution in [0.3, 0.4) is 0 Å². The molecule has 0 spiro atoms. The van der Waals surface area contributed by atoms with Crippen molar-refractivity contribution in [3.05, 3.63) is 42.0 Å². The molecule has 2 heterocycles. The lowest BCUT2D eigenvalue weighted by Crippen LogP contribution is -2.13. The minimum atomic E-state index is -3.59. The molecule has 0 bridgehead atoms. The third-order valence-corrected chi connectivity index (χ3v) is 4.57. The number of hydrogen-bond donors (Lipinski definition) is 2. The normalized spacial score (nSPS) is 11.6. The maximum absolute atomic E-state index is 12.5. The second-order valence-electron chi connectivity index (χ2n) is 4.78. The summed E-state index contributed by atoms with van der Waals surface area (Å²) in [5.41, 5.74) is 2.27. The van der Waals surface area contributed by atoms with Crippen molar-refractivity contribution < 1.29 is 8.42 Å². The molecule has 0 saturated carbocycles. The van der Waals surface area contributed by atoms with Crippen LogP contribution in [-0.2, 0) is 23.1 Å². The molecule has 114 valence electrons. The van der Waals surface area contributed by atoms with Gasteiger partial charge in [0.2, 0.25) is 0 Å². The molecular formula is C14H20N4O2S. The van der Waals surface area contributed by atoms with E-state index in [4.69, 9.17) is 0 Å². The highest BCUT2D eigenvalue weighted by Crippen LogP contribution is 2.20. The van der Waals surface area contributed by atoms with Gasteiger partial charge in [0.25, 0.3) is 10.0 Å². The van der Waals surface area contributed by atoms with Gasteiger partial charge in [-0.25, -0.2) is 8.42 Å². The molecule has 0 aliphatic heterocycles. The SMILES string of the molecule is CCn1cc(S(=O)(=O)Nc2ccncc2C)cc1CNC. The highest BCUT2D eigenvalue weighted by atomic mass is 32.2. The van der Waals surface area contributed by atoms with Gasteiger partial charge >= 0.3 is 0 Å². The molecule has 7 heteroatoms. The Kier molecular flexibility index (Phi) is 4.64. The zero-order chi connectivity index (χ0) is 15.5. The molecule has 0 atom stereocenters. The zero-order valence-electron chi connectivity index (χ0n) is 12.4. The Morgan fingerprint density at radius 2 is 2.14 bits per heavy atom. The number of anilines is 1. The Morgan fingerprint density at radius 3 is 2.76 bits per heavy atom. The molecule has 21 heavy (non-hydrogen) atoms. The summed E-state index contributed by atoms with van der Waals surface area (Å²) < 4.78 is 29.5. The van der Waals surface area contributed by atoms with E-state index in [-0.39, 0.29) is 4.90 Å². The summed E-state index contributed by atoms with van der Waals surface area (Å²) in [4.78, 5) is 4.23. The van der Waals surface area contributed by atoms with Gasteiger partial charge < -0.3 is 9.88 Å². The first-order valence-electron chi connectivity index (χ1n) is 6.75. The molecule has 6 nitrogen and oxygen atoms in total. The molecule has 2 rings (SSSR count). The average Bonchev–Trinajstić information content (AvgIpc) is 2.86. The van der Waals surface area contributed by atoms with Crippen LogP contribution >= 0.6 is 0 Å². The van der Waals surface area contributed by atoms with Crippen LogP contribution in [0.25, 0.3) is 0 Å². The van der Waals surface area contributed by atoms with E-state index in [1.807, 2.05) is 25.5 Å². The Balaban J connectivity index is 2.34. The predicted octanol–water partition coefficient (Wildman–Crippen LogP) is 1.73. The Morgan fingerprint density at radius 1 is 1.38 bits per heavy atom. The lowest BCUT2D eigenvalue weighted by Gasteiger charge is -2.08. The number of rotatable bonds is 6. The number of hydrogen-bond acceptors (Lipinski definition) is 4. The molecule has 0 aliphatic rings. The van der Waals surface area contributed by atoms with Gasteiger partial charge in [-0.05, 0) is 38.6 Å². The van der Waals surface area contributed by atoms with E-state index in [1.165, 1.54) is 0 Å². The van der Waals surface area contributed by atoms with Crippen LogP contribution in [0.1, 0.15) is 18.2 Å². The summed E-state index contributed by atoms with van der Waals surface area (Å²) in [7, 11) is -1.76. The van der Waals surface area contributed by atoms with E-state index < -0.39 is 10.0 Å². The van der Waals surface area contributed by atoms with E-state index in [0.717, 1.165) is 17.8 Å². The molecule has 0 fully saturated rings. The van der Waals surface area contributed by atoms with Crippen molar-refractivity contribution >= 4 is 15.7 Å². The molecule has 0 amide bonds. The van der Waals surface area contributed by atoms with E-state index in [9.17, 15) is 8.42 Å². The fourth-order valence-electron chi connectivity index (χ4n) is 2.09. The number of nitrogens with zero attached hydrogens (tertiary/aromatic N) is 2. The van der Waals surface area contributed by atoms with Crippen LogP contribution in [0.2, 0.25) is 0 Å². The number of pyridine rings is 1. The smallest absolute Gasteiger partial charge is 0.263 e. The molecule has 2 N–H and O–H groups in total. The minimum absolute atomic E-state index is 0.269. The Labute approximate surface area is 125 Å². The van der Waals surface area contributed by atoms with Gasteiger partial charge in [0.1, 0.15) is 4.90 Å². The summed E-state index contributed by atoms with van der Waals surface area (Å²) in [6.45, 7) is 5.14. The van der Waals surface area contributed by atoms with Gasteiger partial charge in [0, 0.05) is 37.4 Å². The Bertz CT molecular complexity index is 722. The summed E-state index contributed by atoms with van der Waals surface area (Å²) in [6.07, 6.45) is 4.85. The molecule has 0 unspecified atom stereocenters. The Hall–Kier alpha value is -1.86.